The van der Waals surface area contributed by atoms with Crippen molar-refractivity contribution in [2.75, 3.05) is 11.9 Å². The van der Waals surface area contributed by atoms with Gasteiger partial charge in [-0.15, -0.1) is 0 Å². The van der Waals surface area contributed by atoms with Crippen molar-refractivity contribution in [2.24, 2.45) is 4.99 Å². The van der Waals surface area contributed by atoms with Crippen molar-refractivity contribution < 1.29 is 9.59 Å². The van der Waals surface area contributed by atoms with Gasteiger partial charge in [-0.25, -0.2) is 4.79 Å². The van der Waals surface area contributed by atoms with E-state index in [9.17, 15) is 9.59 Å². The van der Waals surface area contributed by atoms with E-state index in [1.54, 1.807) is 11.9 Å². The molecule has 0 aromatic heterocycles. The fourth-order valence-corrected chi connectivity index (χ4v) is 1.49. The van der Waals surface area contributed by atoms with Gasteiger partial charge in [-0.3, -0.25) is 10.1 Å². The molecule has 0 aliphatic carbocycles. The minimum Gasteiger partial charge on any atom is -0.332 e. The molecule has 1 aromatic rings. The topological polar surface area (TPSA) is 61.8 Å². The van der Waals surface area contributed by atoms with E-state index in [4.69, 9.17) is 0 Å². The molecule has 1 heterocycles. The van der Waals surface area contributed by atoms with Gasteiger partial charge in [-0.05, 0) is 12.1 Å². The summed E-state index contributed by atoms with van der Waals surface area (Å²) in [5.41, 5.74) is 0.892. The number of amides is 3. The molecule has 0 saturated heterocycles. The van der Waals surface area contributed by atoms with Gasteiger partial charge in [0.15, 0.2) is 0 Å². The van der Waals surface area contributed by atoms with Crippen molar-refractivity contribution in [2.45, 2.75) is 6.42 Å². The second-order valence-electron chi connectivity index (χ2n) is 3.45. The Labute approximate surface area is 92.8 Å². The Kier molecular flexibility index (Phi) is 2.68. The Morgan fingerprint density at radius 2 is 1.94 bits per heavy atom. The predicted octanol–water partition coefficient (Wildman–Crippen LogP) is 1.16. The van der Waals surface area contributed by atoms with Crippen molar-refractivity contribution in [1.82, 2.24) is 5.32 Å². The summed E-state index contributed by atoms with van der Waals surface area (Å²) >= 11 is 0. The van der Waals surface area contributed by atoms with Gasteiger partial charge >= 0.3 is 6.03 Å². The number of hydrogen-bond acceptors (Lipinski definition) is 3. The minimum atomic E-state index is -0.603. The molecule has 2 rings (SSSR count). The van der Waals surface area contributed by atoms with E-state index >= 15 is 0 Å². The highest BCUT2D eigenvalue weighted by Crippen LogP contribution is 2.14. The lowest BCUT2D eigenvalue weighted by molar-refractivity contribution is -0.118. The third-order valence-electron chi connectivity index (χ3n) is 2.33. The van der Waals surface area contributed by atoms with Crippen LogP contribution in [0.5, 0.6) is 0 Å². The van der Waals surface area contributed by atoms with E-state index in [1.165, 1.54) is 0 Å². The van der Waals surface area contributed by atoms with Gasteiger partial charge < -0.3 is 4.90 Å². The van der Waals surface area contributed by atoms with E-state index in [-0.39, 0.29) is 12.3 Å². The monoisotopic (exact) mass is 217 g/mol. The number of nitrogens with zero attached hydrogens (tertiary/aromatic N) is 2. The summed E-state index contributed by atoms with van der Waals surface area (Å²) in [6.07, 6.45) is 0.122. The Hall–Kier alpha value is -2.17. The number of aliphatic imine (C=N–C) groups is 1. The lowest BCUT2D eigenvalue weighted by Gasteiger charge is -2.22. The highest BCUT2D eigenvalue weighted by molar-refractivity contribution is 6.18. The summed E-state index contributed by atoms with van der Waals surface area (Å²) < 4.78 is 0. The molecule has 3 amide bonds. The molecule has 0 radical (unpaired) electrons. The number of carbonyl (C=O) groups excluding carboxylic acids is 2. The number of imide groups is 1. The number of anilines is 1. The van der Waals surface area contributed by atoms with Crippen molar-refractivity contribution in [3.05, 3.63) is 30.3 Å². The quantitative estimate of drug-likeness (QED) is 0.767. The molecule has 5 nitrogen and oxygen atoms in total. The molecule has 1 aromatic carbocycles. The van der Waals surface area contributed by atoms with Gasteiger partial charge in [0.25, 0.3) is 0 Å². The van der Waals surface area contributed by atoms with Crippen LogP contribution in [0.3, 0.4) is 0 Å². The number of urea groups is 1. The van der Waals surface area contributed by atoms with Crippen LogP contribution in [-0.2, 0) is 4.79 Å². The third kappa shape index (κ3) is 2.08. The van der Waals surface area contributed by atoms with E-state index in [0.29, 0.717) is 5.84 Å². The molecular weight excluding hydrogens is 206 g/mol. The highest BCUT2D eigenvalue weighted by atomic mass is 16.2. The van der Waals surface area contributed by atoms with E-state index < -0.39 is 6.03 Å². The summed E-state index contributed by atoms with van der Waals surface area (Å²) in [6.45, 7) is 0. The van der Waals surface area contributed by atoms with Crippen LogP contribution in [0.1, 0.15) is 6.42 Å². The van der Waals surface area contributed by atoms with Crippen LogP contribution < -0.4 is 10.2 Å². The molecule has 0 bridgehead atoms. The lowest BCUT2D eigenvalue weighted by atomic mass is 10.2. The van der Waals surface area contributed by atoms with Crippen LogP contribution >= 0.6 is 0 Å². The first kappa shape index (κ1) is 10.4. The third-order valence-corrected chi connectivity index (χ3v) is 2.33. The number of benzene rings is 1. The van der Waals surface area contributed by atoms with Gasteiger partial charge in [-0.2, -0.15) is 4.99 Å². The normalized spacial score (nSPS) is 15.4. The van der Waals surface area contributed by atoms with Crippen LogP contribution in [0.25, 0.3) is 0 Å². The maximum Gasteiger partial charge on any atom is 0.349 e. The molecule has 1 aliphatic heterocycles. The fraction of sp³-hybridized carbons (Fsp3) is 0.182. The largest absolute Gasteiger partial charge is 0.349 e. The molecule has 82 valence electrons. The maximum atomic E-state index is 11.2. The predicted molar refractivity (Wildman–Crippen MR) is 60.4 cm³/mol. The Balaban J connectivity index is 2.25. The standard InChI is InChI=1S/C11H11N3O2/c1-14(8-5-3-2-4-6-8)9-7-10(15)13-11(16)12-9/h2-6H,7H2,1H3,(H,13,15,16). The summed E-state index contributed by atoms with van der Waals surface area (Å²) in [7, 11) is 1.78. The van der Waals surface area contributed by atoms with Gasteiger partial charge in [0.05, 0.1) is 6.42 Å². The highest BCUT2D eigenvalue weighted by Gasteiger charge is 2.21. The summed E-state index contributed by atoms with van der Waals surface area (Å²) in [5, 5.41) is 2.12. The van der Waals surface area contributed by atoms with Crippen LogP contribution in [0.15, 0.2) is 35.3 Å². The van der Waals surface area contributed by atoms with Crippen molar-refractivity contribution in [3.63, 3.8) is 0 Å². The summed E-state index contributed by atoms with van der Waals surface area (Å²) in [6, 6.07) is 8.85. The number of hydrogen-bond donors (Lipinski definition) is 1. The van der Waals surface area contributed by atoms with Gasteiger partial charge in [-0.1, -0.05) is 18.2 Å². The molecule has 0 unspecified atom stereocenters. The zero-order chi connectivity index (χ0) is 11.5. The van der Waals surface area contributed by atoms with Crippen LogP contribution in [-0.4, -0.2) is 24.8 Å². The van der Waals surface area contributed by atoms with Crippen LogP contribution in [0.2, 0.25) is 0 Å². The summed E-state index contributed by atoms with van der Waals surface area (Å²) in [5.74, 6) is 0.137. The second kappa shape index (κ2) is 4.14. The van der Waals surface area contributed by atoms with E-state index in [2.05, 4.69) is 10.3 Å². The first-order chi connectivity index (χ1) is 7.66. The molecular formula is C11H11N3O2. The first-order valence-electron chi connectivity index (χ1n) is 4.87. The molecule has 5 heteroatoms. The molecule has 0 atom stereocenters. The number of carbonyl (C=O) groups is 2. The Morgan fingerprint density at radius 3 is 2.56 bits per heavy atom. The number of amidine groups is 1. The number of para-hydroxylation sites is 1. The lowest BCUT2D eigenvalue weighted by Crippen LogP contribution is -2.41. The Morgan fingerprint density at radius 1 is 1.25 bits per heavy atom. The average molecular weight is 217 g/mol. The van der Waals surface area contributed by atoms with Crippen molar-refractivity contribution in [3.8, 4) is 0 Å². The summed E-state index contributed by atoms with van der Waals surface area (Å²) in [4.78, 5) is 27.8. The molecule has 0 spiro atoms. The molecule has 1 aliphatic rings. The second-order valence-corrected chi connectivity index (χ2v) is 3.45. The van der Waals surface area contributed by atoms with Gasteiger partial charge in [0, 0.05) is 12.7 Å². The molecule has 0 fully saturated rings. The van der Waals surface area contributed by atoms with Gasteiger partial charge in [0.1, 0.15) is 5.84 Å². The van der Waals surface area contributed by atoms with Crippen molar-refractivity contribution >= 4 is 23.5 Å². The molecule has 1 N–H and O–H groups in total. The molecule has 16 heavy (non-hydrogen) atoms. The fourth-order valence-electron chi connectivity index (χ4n) is 1.49. The zero-order valence-electron chi connectivity index (χ0n) is 8.80. The number of nitrogens with one attached hydrogen (secondary N) is 1. The minimum absolute atomic E-state index is 0.122. The van der Waals surface area contributed by atoms with Gasteiger partial charge in [0.2, 0.25) is 5.91 Å². The average Bonchev–Trinajstić information content (AvgIpc) is 2.28. The van der Waals surface area contributed by atoms with E-state index in [1.807, 2.05) is 30.3 Å². The van der Waals surface area contributed by atoms with Crippen LogP contribution in [0, 0.1) is 0 Å². The Bertz CT molecular complexity index is 454. The van der Waals surface area contributed by atoms with Crippen LogP contribution in [0.4, 0.5) is 10.5 Å². The maximum absolute atomic E-state index is 11.2. The smallest absolute Gasteiger partial charge is 0.332 e. The van der Waals surface area contributed by atoms with E-state index in [0.717, 1.165) is 5.69 Å². The number of rotatable bonds is 1. The SMILES string of the molecule is CN(C1=NC(=O)NC(=O)C1)c1ccccc1. The first-order valence-corrected chi connectivity index (χ1v) is 4.87. The zero-order valence-corrected chi connectivity index (χ0v) is 8.80. The van der Waals surface area contributed by atoms with Crippen molar-refractivity contribution in [1.29, 1.82) is 0 Å². The molecule has 0 saturated carbocycles.